The second kappa shape index (κ2) is 11.1. The number of nitrogens with zero attached hydrogens (tertiary/aromatic N) is 3. The fraction of sp³-hybridized carbons (Fsp3) is 0. The van der Waals surface area contributed by atoms with Gasteiger partial charge in [-0.15, -0.1) is 0 Å². The summed E-state index contributed by atoms with van der Waals surface area (Å²) in [4.78, 5) is 4.94. The Hall–Kier alpha value is -7.37. The van der Waals surface area contributed by atoms with Crippen LogP contribution in [-0.4, -0.2) is 14.1 Å². The van der Waals surface area contributed by atoms with Crippen LogP contribution < -0.4 is 0 Å². The molecule has 0 radical (unpaired) electrons. The number of benzene rings is 8. The fourth-order valence-electron chi connectivity index (χ4n) is 8.57. The summed E-state index contributed by atoms with van der Waals surface area (Å²) in [5.41, 5.74) is 13.3. The summed E-state index contributed by atoms with van der Waals surface area (Å²) in [6.07, 6.45) is 0. The quantitative estimate of drug-likeness (QED) is 0.185. The first-order valence-corrected chi connectivity index (χ1v) is 18.2. The predicted octanol–water partition coefficient (Wildman–Crippen LogP) is 13.3. The van der Waals surface area contributed by atoms with E-state index in [4.69, 9.17) is 13.8 Å². The molecule has 4 aromatic heterocycles. The molecule has 54 heavy (non-hydrogen) atoms. The van der Waals surface area contributed by atoms with Gasteiger partial charge < -0.3 is 18.0 Å². The fourth-order valence-corrected chi connectivity index (χ4v) is 8.57. The first-order chi connectivity index (χ1) is 26.8. The van der Waals surface area contributed by atoms with E-state index in [1.54, 1.807) is 0 Å². The summed E-state index contributed by atoms with van der Waals surface area (Å²) in [5.74, 6) is 0.616. The number of rotatable bonds is 4. The van der Waals surface area contributed by atoms with E-state index >= 15 is 0 Å². The van der Waals surface area contributed by atoms with Crippen molar-refractivity contribution in [2.75, 3.05) is 0 Å². The molecule has 0 aliphatic carbocycles. The molecule has 0 N–H and O–H groups in total. The molecular formula is C49H29N3O2. The molecule has 5 nitrogen and oxygen atoms in total. The Morgan fingerprint density at radius 3 is 1.98 bits per heavy atom. The molecule has 4 heterocycles. The number of fused-ring (bicyclic) bond motifs is 11. The summed E-state index contributed by atoms with van der Waals surface area (Å²) in [5, 5.41) is 6.92. The maximum atomic E-state index is 6.64. The molecule has 252 valence electrons. The SMILES string of the molecule is c1ccc(-c2nc3ccc4c5cc(-c6cccc7c8ccccc8n(-c8ccc9oc%10ccccc%10c9c8)c67)ccc5n(-c5ccccc5)c4c3o2)cc1. The normalized spacial score (nSPS) is 12.1. The van der Waals surface area contributed by atoms with Crippen LogP contribution in [0.1, 0.15) is 0 Å². The van der Waals surface area contributed by atoms with Crippen LogP contribution in [0.4, 0.5) is 0 Å². The van der Waals surface area contributed by atoms with Crippen LogP contribution in [0.5, 0.6) is 0 Å². The van der Waals surface area contributed by atoms with Crippen molar-refractivity contribution in [3.8, 4) is 34.0 Å². The van der Waals surface area contributed by atoms with Gasteiger partial charge in [0, 0.05) is 54.8 Å². The summed E-state index contributed by atoms with van der Waals surface area (Å²) in [6, 6.07) is 62.0. The molecule has 12 aromatic rings. The lowest BCUT2D eigenvalue weighted by atomic mass is 9.99. The maximum absolute atomic E-state index is 6.64. The Morgan fingerprint density at radius 1 is 0.389 bits per heavy atom. The van der Waals surface area contributed by atoms with E-state index in [0.29, 0.717) is 5.89 Å². The summed E-state index contributed by atoms with van der Waals surface area (Å²) >= 11 is 0. The second-order valence-electron chi connectivity index (χ2n) is 13.9. The van der Waals surface area contributed by atoms with Crippen molar-refractivity contribution in [1.82, 2.24) is 14.1 Å². The minimum Gasteiger partial charge on any atom is -0.456 e. The van der Waals surface area contributed by atoms with Crippen LogP contribution in [0.25, 0.3) is 111 Å². The van der Waals surface area contributed by atoms with E-state index in [2.05, 4.69) is 143 Å². The third kappa shape index (κ3) is 4.12. The van der Waals surface area contributed by atoms with E-state index < -0.39 is 0 Å². The highest BCUT2D eigenvalue weighted by molar-refractivity contribution is 6.19. The molecule has 5 heteroatoms. The highest BCUT2D eigenvalue weighted by Crippen LogP contribution is 2.43. The molecule has 0 saturated carbocycles. The first kappa shape index (κ1) is 29.2. The van der Waals surface area contributed by atoms with Crippen LogP contribution in [0.2, 0.25) is 0 Å². The largest absolute Gasteiger partial charge is 0.456 e. The van der Waals surface area contributed by atoms with Crippen molar-refractivity contribution >= 4 is 76.6 Å². The van der Waals surface area contributed by atoms with Gasteiger partial charge in [-0.1, -0.05) is 97.1 Å². The molecule has 0 atom stereocenters. The second-order valence-corrected chi connectivity index (χ2v) is 13.9. The Kier molecular flexibility index (Phi) is 5.99. The van der Waals surface area contributed by atoms with Crippen molar-refractivity contribution in [2.45, 2.75) is 0 Å². The van der Waals surface area contributed by atoms with Gasteiger partial charge in [0.2, 0.25) is 5.89 Å². The lowest BCUT2D eigenvalue weighted by Crippen LogP contribution is -1.96. The number of aromatic nitrogens is 3. The average Bonchev–Trinajstić information content (AvgIpc) is 4.00. The summed E-state index contributed by atoms with van der Waals surface area (Å²) < 4.78 is 17.6. The molecule has 0 unspecified atom stereocenters. The maximum Gasteiger partial charge on any atom is 0.227 e. The summed E-state index contributed by atoms with van der Waals surface area (Å²) in [7, 11) is 0. The van der Waals surface area contributed by atoms with Crippen molar-refractivity contribution in [1.29, 1.82) is 0 Å². The van der Waals surface area contributed by atoms with Crippen LogP contribution in [0.15, 0.2) is 185 Å². The van der Waals surface area contributed by atoms with E-state index in [1.807, 2.05) is 42.5 Å². The van der Waals surface area contributed by atoms with Gasteiger partial charge >= 0.3 is 0 Å². The van der Waals surface area contributed by atoms with Crippen LogP contribution >= 0.6 is 0 Å². The van der Waals surface area contributed by atoms with E-state index in [0.717, 1.165) is 88.4 Å². The average molecular weight is 692 g/mol. The highest BCUT2D eigenvalue weighted by atomic mass is 16.3. The molecule has 0 spiro atoms. The monoisotopic (exact) mass is 691 g/mol. The van der Waals surface area contributed by atoms with E-state index in [1.165, 1.54) is 16.3 Å². The topological polar surface area (TPSA) is 49.0 Å². The Labute approximate surface area is 308 Å². The molecule has 12 rings (SSSR count). The molecule has 0 bridgehead atoms. The first-order valence-electron chi connectivity index (χ1n) is 18.2. The van der Waals surface area contributed by atoms with Crippen LogP contribution in [0.3, 0.4) is 0 Å². The van der Waals surface area contributed by atoms with Gasteiger partial charge in [0.25, 0.3) is 0 Å². The lowest BCUT2D eigenvalue weighted by molar-refractivity contribution is 0.621. The van der Waals surface area contributed by atoms with Gasteiger partial charge in [0.1, 0.15) is 16.7 Å². The van der Waals surface area contributed by atoms with Crippen molar-refractivity contribution < 1.29 is 8.83 Å². The Bertz CT molecular complexity index is 3440. The summed E-state index contributed by atoms with van der Waals surface area (Å²) in [6.45, 7) is 0. The molecular weight excluding hydrogens is 663 g/mol. The molecule has 0 amide bonds. The van der Waals surface area contributed by atoms with Gasteiger partial charge in [-0.2, -0.15) is 0 Å². The molecule has 0 aliphatic rings. The number of para-hydroxylation sites is 4. The number of hydrogen-bond acceptors (Lipinski definition) is 3. The third-order valence-electron chi connectivity index (χ3n) is 10.9. The lowest BCUT2D eigenvalue weighted by Gasteiger charge is -2.12. The van der Waals surface area contributed by atoms with Crippen LogP contribution in [0, 0.1) is 0 Å². The number of oxazole rings is 1. The minimum absolute atomic E-state index is 0.616. The van der Waals surface area contributed by atoms with Gasteiger partial charge in [0.05, 0.1) is 22.1 Å². The molecule has 0 saturated heterocycles. The van der Waals surface area contributed by atoms with Crippen LogP contribution in [-0.2, 0) is 0 Å². The standard InChI is InChI=1S/C49H29N3O2/c1-3-12-30(13-4-1)49-50-41-25-24-38-39-28-31(22-26-43(39)51(47(38)48(41)54-49)32-14-5-2-6-15-32)34-18-11-19-37-35-16-7-9-20-42(35)52(46(34)37)33-23-27-45-40(29-33)36-17-8-10-21-44(36)53-45/h1-29H. The Balaban J connectivity index is 1.14. The van der Waals surface area contributed by atoms with Gasteiger partial charge in [-0.3, -0.25) is 0 Å². The molecule has 0 aliphatic heterocycles. The highest BCUT2D eigenvalue weighted by Gasteiger charge is 2.22. The third-order valence-corrected chi connectivity index (χ3v) is 10.9. The number of furan rings is 1. The van der Waals surface area contributed by atoms with E-state index in [9.17, 15) is 0 Å². The molecule has 0 fully saturated rings. The minimum atomic E-state index is 0.616. The van der Waals surface area contributed by atoms with Crippen molar-refractivity contribution in [2.24, 2.45) is 0 Å². The van der Waals surface area contributed by atoms with Crippen molar-refractivity contribution in [3.05, 3.63) is 176 Å². The zero-order valence-corrected chi connectivity index (χ0v) is 28.9. The van der Waals surface area contributed by atoms with E-state index in [-0.39, 0.29) is 0 Å². The smallest absolute Gasteiger partial charge is 0.227 e. The zero-order valence-electron chi connectivity index (χ0n) is 28.9. The number of hydrogen-bond donors (Lipinski definition) is 0. The Morgan fingerprint density at radius 2 is 1.09 bits per heavy atom. The van der Waals surface area contributed by atoms with Crippen molar-refractivity contribution in [3.63, 3.8) is 0 Å². The van der Waals surface area contributed by atoms with Gasteiger partial charge in [-0.25, -0.2) is 4.98 Å². The van der Waals surface area contributed by atoms with Gasteiger partial charge in [0.15, 0.2) is 5.58 Å². The predicted molar refractivity (Wildman–Crippen MR) is 221 cm³/mol. The van der Waals surface area contributed by atoms with Gasteiger partial charge in [-0.05, 0) is 84.4 Å². The zero-order chi connectivity index (χ0) is 35.3. The molecule has 8 aromatic carbocycles.